The fourth-order valence-electron chi connectivity index (χ4n) is 2.75. The van der Waals surface area contributed by atoms with Crippen molar-refractivity contribution in [2.75, 3.05) is 28.6 Å². The lowest BCUT2D eigenvalue weighted by Gasteiger charge is -2.21. The summed E-state index contributed by atoms with van der Waals surface area (Å²) in [5.41, 5.74) is 2.65. The van der Waals surface area contributed by atoms with Crippen molar-refractivity contribution in [1.29, 1.82) is 0 Å². The summed E-state index contributed by atoms with van der Waals surface area (Å²) in [4.78, 5) is 23.0. The summed E-state index contributed by atoms with van der Waals surface area (Å²) in [5, 5.41) is 5.78. The first-order valence-electron chi connectivity index (χ1n) is 9.11. The Bertz CT molecular complexity index is 924. The molecule has 28 heavy (non-hydrogen) atoms. The van der Waals surface area contributed by atoms with E-state index in [1.807, 2.05) is 24.3 Å². The molecule has 0 fully saturated rings. The molecule has 0 saturated carbocycles. The molecule has 0 unspecified atom stereocenters. The van der Waals surface area contributed by atoms with Crippen LogP contribution in [0.1, 0.15) is 24.3 Å². The van der Waals surface area contributed by atoms with Gasteiger partial charge >= 0.3 is 0 Å². The minimum atomic E-state index is -0.333. The fraction of sp³-hybridized carbons (Fsp3) is 0.190. The number of amides is 1. The molecule has 1 amide bonds. The highest BCUT2D eigenvalue weighted by Crippen LogP contribution is 2.18. The van der Waals surface area contributed by atoms with Crippen molar-refractivity contribution in [3.05, 3.63) is 72.3 Å². The van der Waals surface area contributed by atoms with E-state index in [4.69, 9.17) is 0 Å². The summed E-state index contributed by atoms with van der Waals surface area (Å²) in [7, 11) is 0. The first-order valence-corrected chi connectivity index (χ1v) is 9.11. The molecule has 0 atom stereocenters. The molecule has 2 N–H and O–H groups in total. The molecule has 0 spiro atoms. The van der Waals surface area contributed by atoms with Crippen molar-refractivity contribution >= 4 is 28.9 Å². The molecule has 0 aliphatic carbocycles. The Morgan fingerprint density at radius 1 is 0.964 bits per heavy atom. The summed E-state index contributed by atoms with van der Waals surface area (Å²) < 4.78 is 13.0. The highest BCUT2D eigenvalue weighted by atomic mass is 19.1. The van der Waals surface area contributed by atoms with Crippen molar-refractivity contribution in [3.63, 3.8) is 0 Å². The van der Waals surface area contributed by atoms with Gasteiger partial charge in [0.05, 0.1) is 0 Å². The molecule has 7 heteroatoms. The summed E-state index contributed by atoms with van der Waals surface area (Å²) in [6.07, 6.45) is 1.50. The number of nitrogens with one attached hydrogen (secondary N) is 2. The van der Waals surface area contributed by atoms with E-state index < -0.39 is 0 Å². The maximum absolute atomic E-state index is 13.0. The molecule has 0 bridgehead atoms. The topological polar surface area (TPSA) is 70.2 Å². The van der Waals surface area contributed by atoms with E-state index in [2.05, 4.69) is 39.3 Å². The zero-order valence-corrected chi connectivity index (χ0v) is 15.8. The second kappa shape index (κ2) is 8.94. The lowest BCUT2D eigenvalue weighted by atomic mass is 10.2. The molecule has 2 aromatic carbocycles. The van der Waals surface area contributed by atoms with Gasteiger partial charge in [0.1, 0.15) is 11.5 Å². The minimum Gasteiger partial charge on any atom is -0.372 e. The average Bonchev–Trinajstić information content (AvgIpc) is 2.72. The van der Waals surface area contributed by atoms with Crippen LogP contribution in [0.4, 0.5) is 27.4 Å². The first-order chi connectivity index (χ1) is 13.6. The predicted octanol–water partition coefficient (Wildman–Crippen LogP) is 4.46. The third-order valence-electron chi connectivity index (χ3n) is 4.24. The van der Waals surface area contributed by atoms with Crippen LogP contribution in [0.25, 0.3) is 0 Å². The van der Waals surface area contributed by atoms with Crippen LogP contribution in [-0.2, 0) is 0 Å². The number of rotatable bonds is 7. The van der Waals surface area contributed by atoms with Gasteiger partial charge in [-0.3, -0.25) is 4.79 Å². The lowest BCUT2D eigenvalue weighted by molar-refractivity contribution is 0.102. The number of benzene rings is 2. The maximum atomic E-state index is 13.0. The smallest absolute Gasteiger partial charge is 0.274 e. The van der Waals surface area contributed by atoms with Gasteiger partial charge in [0.2, 0.25) is 5.95 Å². The van der Waals surface area contributed by atoms with Crippen molar-refractivity contribution in [3.8, 4) is 0 Å². The third kappa shape index (κ3) is 4.82. The van der Waals surface area contributed by atoms with Gasteiger partial charge in [-0.25, -0.2) is 14.4 Å². The second-order valence-electron chi connectivity index (χ2n) is 6.07. The first kappa shape index (κ1) is 19.3. The van der Waals surface area contributed by atoms with Gasteiger partial charge in [-0.1, -0.05) is 0 Å². The van der Waals surface area contributed by atoms with Crippen LogP contribution < -0.4 is 15.5 Å². The van der Waals surface area contributed by atoms with E-state index >= 15 is 0 Å². The standard InChI is InChI=1S/C21H22FN5O/c1-3-27(4-2)18-11-9-16(10-12-18)24-20(28)19-13-14-23-21(26-19)25-17-7-5-15(22)6-8-17/h5-14H,3-4H2,1-2H3,(H,24,28)(H,23,25,26). The Labute approximate surface area is 163 Å². The maximum Gasteiger partial charge on any atom is 0.274 e. The number of hydrogen-bond donors (Lipinski definition) is 2. The minimum absolute atomic E-state index is 0.229. The molecule has 0 saturated heterocycles. The van der Waals surface area contributed by atoms with E-state index in [1.54, 1.807) is 12.1 Å². The van der Waals surface area contributed by atoms with Crippen molar-refractivity contribution in [2.45, 2.75) is 13.8 Å². The number of halogens is 1. The molecule has 3 rings (SSSR count). The largest absolute Gasteiger partial charge is 0.372 e. The summed E-state index contributed by atoms with van der Waals surface area (Å²) in [6, 6.07) is 15.0. The van der Waals surface area contributed by atoms with E-state index in [1.165, 1.54) is 24.4 Å². The number of carbonyl (C=O) groups is 1. The Morgan fingerprint density at radius 2 is 1.61 bits per heavy atom. The van der Waals surface area contributed by atoms with Gasteiger partial charge in [0.15, 0.2) is 0 Å². The van der Waals surface area contributed by atoms with Crippen molar-refractivity contribution < 1.29 is 9.18 Å². The van der Waals surface area contributed by atoms with Gasteiger partial charge < -0.3 is 15.5 Å². The van der Waals surface area contributed by atoms with Crippen LogP contribution in [0, 0.1) is 5.82 Å². The quantitative estimate of drug-likeness (QED) is 0.634. The van der Waals surface area contributed by atoms with Gasteiger partial charge in [0, 0.05) is 36.3 Å². The second-order valence-corrected chi connectivity index (χ2v) is 6.07. The third-order valence-corrected chi connectivity index (χ3v) is 4.24. The highest BCUT2D eigenvalue weighted by Gasteiger charge is 2.10. The van der Waals surface area contributed by atoms with Gasteiger partial charge in [-0.15, -0.1) is 0 Å². The summed E-state index contributed by atoms with van der Waals surface area (Å²) >= 11 is 0. The molecule has 0 aliphatic rings. The number of hydrogen-bond acceptors (Lipinski definition) is 5. The molecule has 0 radical (unpaired) electrons. The van der Waals surface area contributed by atoms with Crippen molar-refractivity contribution in [2.24, 2.45) is 0 Å². The Hall–Kier alpha value is -3.48. The molecule has 144 valence electrons. The molecular formula is C21H22FN5O. The zero-order valence-electron chi connectivity index (χ0n) is 15.8. The van der Waals surface area contributed by atoms with E-state index in [0.717, 1.165) is 18.8 Å². The summed E-state index contributed by atoms with van der Waals surface area (Å²) in [5.74, 6) is -0.400. The molecule has 6 nitrogen and oxygen atoms in total. The van der Waals surface area contributed by atoms with Crippen LogP contribution >= 0.6 is 0 Å². The average molecular weight is 379 g/mol. The lowest BCUT2D eigenvalue weighted by Crippen LogP contribution is -2.21. The number of carbonyl (C=O) groups excluding carboxylic acids is 1. The van der Waals surface area contributed by atoms with Gasteiger partial charge in [-0.05, 0) is 68.4 Å². The van der Waals surface area contributed by atoms with Gasteiger partial charge in [0.25, 0.3) is 5.91 Å². The van der Waals surface area contributed by atoms with Gasteiger partial charge in [-0.2, -0.15) is 0 Å². The SMILES string of the molecule is CCN(CC)c1ccc(NC(=O)c2ccnc(Nc3ccc(F)cc3)n2)cc1. The predicted molar refractivity (Wildman–Crippen MR) is 110 cm³/mol. The Balaban J connectivity index is 1.68. The number of anilines is 4. The highest BCUT2D eigenvalue weighted by molar-refractivity contribution is 6.03. The van der Waals surface area contributed by atoms with Crippen LogP contribution in [0.15, 0.2) is 60.8 Å². The normalized spacial score (nSPS) is 10.4. The number of aromatic nitrogens is 2. The molecule has 3 aromatic rings. The molecule has 0 aliphatic heterocycles. The monoisotopic (exact) mass is 379 g/mol. The fourth-order valence-corrected chi connectivity index (χ4v) is 2.75. The van der Waals surface area contributed by atoms with E-state index in [-0.39, 0.29) is 23.4 Å². The van der Waals surface area contributed by atoms with Crippen LogP contribution in [0.5, 0.6) is 0 Å². The van der Waals surface area contributed by atoms with Crippen LogP contribution in [-0.4, -0.2) is 29.0 Å². The number of nitrogens with zero attached hydrogens (tertiary/aromatic N) is 3. The van der Waals surface area contributed by atoms with E-state index in [9.17, 15) is 9.18 Å². The Morgan fingerprint density at radius 3 is 2.25 bits per heavy atom. The van der Waals surface area contributed by atoms with Crippen LogP contribution in [0.3, 0.4) is 0 Å². The molecule has 1 heterocycles. The zero-order chi connectivity index (χ0) is 19.9. The van der Waals surface area contributed by atoms with Crippen molar-refractivity contribution in [1.82, 2.24) is 9.97 Å². The molecular weight excluding hydrogens is 357 g/mol. The van der Waals surface area contributed by atoms with Crippen LogP contribution in [0.2, 0.25) is 0 Å². The summed E-state index contributed by atoms with van der Waals surface area (Å²) in [6.45, 7) is 6.05. The Kier molecular flexibility index (Phi) is 6.16. The van der Waals surface area contributed by atoms with E-state index in [0.29, 0.717) is 11.4 Å². The molecule has 1 aromatic heterocycles.